The van der Waals surface area contributed by atoms with Crippen LogP contribution in [0.5, 0.6) is 0 Å². The highest BCUT2D eigenvalue weighted by molar-refractivity contribution is 6.17. The molecule has 0 radical (unpaired) electrons. The molecule has 0 saturated carbocycles. The zero-order valence-corrected chi connectivity index (χ0v) is 10.2. The Hall–Kier alpha value is -1.74. The zero-order valence-electron chi connectivity index (χ0n) is 9.41. The molecule has 0 unspecified atom stereocenters. The van der Waals surface area contributed by atoms with Crippen LogP contribution < -0.4 is 0 Å². The number of halogens is 3. The number of hydrogen-bond donors (Lipinski definition) is 0. The summed E-state index contributed by atoms with van der Waals surface area (Å²) in [6, 6.07) is 2.84. The number of nitriles is 1. The standard InChI is InChI=1S/C11H9ClF2N2O2/c1-18-10(17)3-6-2-8(11(13)14)16-9(4-12)7(6)5-15/h2,11H,3-4H2,1H3. The average molecular weight is 275 g/mol. The van der Waals surface area contributed by atoms with E-state index in [1.807, 2.05) is 6.07 Å². The minimum absolute atomic E-state index is 0.0378. The summed E-state index contributed by atoms with van der Waals surface area (Å²) in [4.78, 5) is 14.8. The summed E-state index contributed by atoms with van der Waals surface area (Å²) in [5, 5.41) is 8.96. The highest BCUT2D eigenvalue weighted by Gasteiger charge is 2.18. The highest BCUT2D eigenvalue weighted by Crippen LogP contribution is 2.23. The van der Waals surface area contributed by atoms with Crippen LogP contribution in [0.1, 0.15) is 28.9 Å². The van der Waals surface area contributed by atoms with E-state index in [0.717, 1.165) is 6.07 Å². The summed E-state index contributed by atoms with van der Waals surface area (Å²) in [5.41, 5.74) is -0.287. The second kappa shape index (κ2) is 6.26. The Morgan fingerprint density at radius 3 is 2.78 bits per heavy atom. The maximum absolute atomic E-state index is 12.6. The number of carbonyl (C=O) groups excluding carboxylic acids is 1. The molecule has 0 bridgehead atoms. The molecule has 96 valence electrons. The fourth-order valence-electron chi connectivity index (χ4n) is 1.39. The normalized spacial score (nSPS) is 10.2. The molecule has 1 aromatic heterocycles. The molecule has 0 aliphatic heterocycles. The maximum Gasteiger partial charge on any atom is 0.310 e. The van der Waals surface area contributed by atoms with Crippen LogP contribution in [0.4, 0.5) is 8.78 Å². The molecule has 0 amide bonds. The van der Waals surface area contributed by atoms with Crippen molar-refractivity contribution < 1.29 is 18.3 Å². The number of nitrogens with zero attached hydrogens (tertiary/aromatic N) is 2. The number of aromatic nitrogens is 1. The second-order valence-corrected chi connectivity index (χ2v) is 3.59. The van der Waals surface area contributed by atoms with Crippen molar-refractivity contribution in [2.45, 2.75) is 18.7 Å². The molecular weight excluding hydrogens is 266 g/mol. The van der Waals surface area contributed by atoms with E-state index >= 15 is 0 Å². The van der Waals surface area contributed by atoms with Crippen LogP contribution in [-0.2, 0) is 21.8 Å². The first-order chi connectivity index (χ1) is 8.53. The van der Waals surface area contributed by atoms with Crippen molar-refractivity contribution >= 4 is 17.6 Å². The van der Waals surface area contributed by atoms with Gasteiger partial charge in [0.2, 0.25) is 0 Å². The van der Waals surface area contributed by atoms with E-state index in [0.29, 0.717) is 0 Å². The Labute approximate surface area is 107 Å². The maximum atomic E-state index is 12.6. The summed E-state index contributed by atoms with van der Waals surface area (Å²) in [5.74, 6) is -0.809. The van der Waals surface area contributed by atoms with Gasteiger partial charge >= 0.3 is 5.97 Å². The van der Waals surface area contributed by atoms with Crippen molar-refractivity contribution in [2.24, 2.45) is 0 Å². The Kier molecular flexibility index (Phi) is 4.98. The van der Waals surface area contributed by atoms with Gasteiger partial charge in [0.25, 0.3) is 6.43 Å². The molecule has 0 atom stereocenters. The Morgan fingerprint density at radius 1 is 1.67 bits per heavy atom. The van der Waals surface area contributed by atoms with E-state index in [1.54, 1.807) is 0 Å². The fraction of sp³-hybridized carbons (Fsp3) is 0.364. The molecule has 0 saturated heterocycles. The lowest BCUT2D eigenvalue weighted by molar-refractivity contribution is -0.139. The van der Waals surface area contributed by atoms with E-state index in [1.165, 1.54) is 7.11 Å². The summed E-state index contributed by atoms with van der Waals surface area (Å²) in [6.45, 7) is 0. The molecular formula is C11H9ClF2N2O2. The van der Waals surface area contributed by atoms with Crippen molar-refractivity contribution in [1.29, 1.82) is 5.26 Å². The van der Waals surface area contributed by atoms with Gasteiger partial charge < -0.3 is 4.74 Å². The Balaban J connectivity index is 3.32. The first kappa shape index (κ1) is 14.3. The van der Waals surface area contributed by atoms with Crippen LogP contribution in [0, 0.1) is 11.3 Å². The first-order valence-corrected chi connectivity index (χ1v) is 5.40. The van der Waals surface area contributed by atoms with Crippen LogP contribution in [-0.4, -0.2) is 18.1 Å². The molecule has 1 rings (SSSR count). The van der Waals surface area contributed by atoms with E-state index in [2.05, 4.69) is 9.72 Å². The van der Waals surface area contributed by atoms with Crippen molar-refractivity contribution in [3.05, 3.63) is 28.6 Å². The summed E-state index contributed by atoms with van der Waals surface area (Å²) < 4.78 is 29.7. The third-order valence-electron chi connectivity index (χ3n) is 2.22. The van der Waals surface area contributed by atoms with Gasteiger partial charge in [0.05, 0.1) is 30.7 Å². The van der Waals surface area contributed by atoms with Crippen molar-refractivity contribution in [1.82, 2.24) is 4.98 Å². The summed E-state index contributed by atoms with van der Waals surface area (Å²) in [7, 11) is 1.17. The number of rotatable bonds is 4. The number of pyridine rings is 1. The van der Waals surface area contributed by atoms with E-state index in [9.17, 15) is 13.6 Å². The van der Waals surface area contributed by atoms with Gasteiger partial charge in [0.1, 0.15) is 11.8 Å². The topological polar surface area (TPSA) is 63.0 Å². The van der Waals surface area contributed by atoms with Crippen LogP contribution in [0.15, 0.2) is 6.07 Å². The van der Waals surface area contributed by atoms with Gasteiger partial charge in [-0.3, -0.25) is 4.79 Å². The van der Waals surface area contributed by atoms with Crippen LogP contribution in [0.25, 0.3) is 0 Å². The van der Waals surface area contributed by atoms with Gasteiger partial charge in [0.15, 0.2) is 0 Å². The minimum Gasteiger partial charge on any atom is -0.469 e. The van der Waals surface area contributed by atoms with Gasteiger partial charge in [-0.2, -0.15) is 5.26 Å². The molecule has 0 aliphatic rings. The largest absolute Gasteiger partial charge is 0.469 e. The quantitative estimate of drug-likeness (QED) is 0.624. The SMILES string of the molecule is COC(=O)Cc1cc(C(F)F)nc(CCl)c1C#N. The number of ether oxygens (including phenoxy) is 1. The number of alkyl halides is 3. The summed E-state index contributed by atoms with van der Waals surface area (Å²) in [6.07, 6.45) is -3.07. The Bertz CT molecular complexity index is 501. The van der Waals surface area contributed by atoms with Crippen molar-refractivity contribution in [3.8, 4) is 6.07 Å². The van der Waals surface area contributed by atoms with Gasteiger partial charge in [-0.05, 0) is 11.6 Å². The van der Waals surface area contributed by atoms with Gasteiger partial charge in [-0.1, -0.05) is 0 Å². The molecule has 18 heavy (non-hydrogen) atoms. The minimum atomic E-state index is -2.80. The van der Waals surface area contributed by atoms with E-state index < -0.39 is 18.1 Å². The molecule has 0 aromatic carbocycles. The monoisotopic (exact) mass is 274 g/mol. The smallest absolute Gasteiger partial charge is 0.310 e. The van der Waals surface area contributed by atoms with Crippen LogP contribution in [0.2, 0.25) is 0 Å². The molecule has 1 aromatic rings. The van der Waals surface area contributed by atoms with Crippen LogP contribution >= 0.6 is 11.6 Å². The number of methoxy groups -OCH3 is 1. The zero-order chi connectivity index (χ0) is 13.7. The average Bonchev–Trinajstić information content (AvgIpc) is 2.37. The van der Waals surface area contributed by atoms with Gasteiger partial charge in [-0.25, -0.2) is 13.8 Å². The summed E-state index contributed by atoms with van der Waals surface area (Å²) >= 11 is 5.56. The first-order valence-electron chi connectivity index (χ1n) is 4.87. The van der Waals surface area contributed by atoms with Crippen LogP contribution in [0.3, 0.4) is 0 Å². The lowest BCUT2D eigenvalue weighted by Gasteiger charge is -2.09. The third kappa shape index (κ3) is 3.14. The fourth-order valence-corrected chi connectivity index (χ4v) is 1.59. The van der Waals surface area contributed by atoms with E-state index in [-0.39, 0.29) is 29.1 Å². The molecule has 7 heteroatoms. The number of esters is 1. The van der Waals surface area contributed by atoms with Gasteiger partial charge in [0, 0.05) is 0 Å². The molecule has 1 heterocycles. The van der Waals surface area contributed by atoms with Crippen molar-refractivity contribution in [3.63, 3.8) is 0 Å². The predicted octanol–water partition coefficient (Wildman–Crippen LogP) is 2.35. The molecule has 0 N–H and O–H groups in total. The third-order valence-corrected chi connectivity index (χ3v) is 2.47. The number of hydrogen-bond acceptors (Lipinski definition) is 4. The Morgan fingerprint density at radius 2 is 2.33 bits per heavy atom. The lowest BCUT2D eigenvalue weighted by Crippen LogP contribution is -2.10. The van der Waals surface area contributed by atoms with Gasteiger partial charge in [-0.15, -0.1) is 11.6 Å². The molecule has 0 aliphatic carbocycles. The van der Waals surface area contributed by atoms with E-state index in [4.69, 9.17) is 16.9 Å². The van der Waals surface area contributed by atoms with Crippen molar-refractivity contribution in [2.75, 3.05) is 7.11 Å². The predicted molar refractivity (Wildman–Crippen MR) is 59.2 cm³/mol. The molecule has 0 spiro atoms. The second-order valence-electron chi connectivity index (χ2n) is 3.33. The molecule has 4 nitrogen and oxygen atoms in total. The molecule has 0 fully saturated rings. The highest BCUT2D eigenvalue weighted by atomic mass is 35.5. The number of carbonyl (C=O) groups is 1. The lowest BCUT2D eigenvalue weighted by atomic mass is 10.0.